The molecule has 4 rings (SSSR count). The number of carbonyl (C=O) groups is 2. The summed E-state index contributed by atoms with van der Waals surface area (Å²) in [6.45, 7) is 0.425. The predicted molar refractivity (Wildman–Crippen MR) is 126 cm³/mol. The Bertz CT molecular complexity index is 1270. The Morgan fingerprint density at radius 3 is 2.56 bits per heavy atom. The summed E-state index contributed by atoms with van der Waals surface area (Å²) in [6, 6.07) is 14.4. The molecule has 0 fully saturated rings. The fraction of sp³-hybridized carbons (Fsp3) is 0.0909. The quantitative estimate of drug-likeness (QED) is 0.279. The van der Waals surface area contributed by atoms with Crippen LogP contribution in [0.15, 0.2) is 60.9 Å². The Morgan fingerprint density at radius 2 is 1.81 bits per heavy atom. The summed E-state index contributed by atoms with van der Waals surface area (Å²) in [5.74, 6) is -1.13. The number of benzene rings is 2. The third-order valence-electron chi connectivity index (χ3n) is 4.57. The highest BCUT2D eigenvalue weighted by Crippen LogP contribution is 2.31. The number of hydrogen-bond donors (Lipinski definition) is 5. The molecular formula is C22H20N6O3S. The number of primary amides is 1. The number of anilines is 4. The van der Waals surface area contributed by atoms with Crippen LogP contribution in [-0.4, -0.2) is 40.0 Å². The van der Waals surface area contributed by atoms with Gasteiger partial charge >= 0.3 is 0 Å². The van der Waals surface area contributed by atoms with Crippen molar-refractivity contribution >= 4 is 55.4 Å². The number of nitrogens with one attached hydrogen (secondary N) is 3. The van der Waals surface area contributed by atoms with Crippen LogP contribution in [-0.2, 0) is 0 Å². The monoisotopic (exact) mass is 448 g/mol. The molecule has 0 atom stereocenters. The summed E-state index contributed by atoms with van der Waals surface area (Å²) < 4.78 is 0. The number of rotatable bonds is 8. The van der Waals surface area contributed by atoms with Gasteiger partial charge in [0.2, 0.25) is 0 Å². The third-order valence-corrected chi connectivity index (χ3v) is 5.45. The smallest absolute Gasteiger partial charge is 0.270 e. The Morgan fingerprint density at radius 1 is 1.03 bits per heavy atom. The van der Waals surface area contributed by atoms with Crippen LogP contribution in [0.2, 0.25) is 0 Å². The van der Waals surface area contributed by atoms with Crippen molar-refractivity contribution in [2.75, 3.05) is 29.1 Å². The van der Waals surface area contributed by atoms with Crippen molar-refractivity contribution in [1.29, 1.82) is 0 Å². The van der Waals surface area contributed by atoms with Crippen molar-refractivity contribution in [3.8, 4) is 0 Å². The number of nitrogens with zero attached hydrogens (tertiary/aromatic N) is 2. The number of pyridine rings is 1. The zero-order valence-electron chi connectivity index (χ0n) is 16.8. The van der Waals surface area contributed by atoms with Crippen LogP contribution < -0.4 is 21.7 Å². The Balaban J connectivity index is 1.52. The van der Waals surface area contributed by atoms with Crippen molar-refractivity contribution in [2.24, 2.45) is 5.73 Å². The number of fused-ring (bicyclic) bond motifs is 1. The van der Waals surface area contributed by atoms with E-state index in [-0.39, 0.29) is 17.3 Å². The number of amides is 2. The molecule has 162 valence electrons. The van der Waals surface area contributed by atoms with Gasteiger partial charge < -0.3 is 26.8 Å². The molecule has 0 saturated heterocycles. The van der Waals surface area contributed by atoms with Crippen LogP contribution in [0.3, 0.4) is 0 Å². The van der Waals surface area contributed by atoms with E-state index in [1.807, 2.05) is 24.3 Å². The van der Waals surface area contributed by atoms with Crippen molar-refractivity contribution in [1.82, 2.24) is 9.97 Å². The number of thiazole rings is 1. The molecule has 6 N–H and O–H groups in total. The zero-order chi connectivity index (χ0) is 22.5. The Kier molecular flexibility index (Phi) is 6.24. The van der Waals surface area contributed by atoms with E-state index in [9.17, 15) is 9.59 Å². The lowest BCUT2D eigenvalue weighted by atomic mass is 10.1. The average molecular weight is 449 g/mol. The van der Waals surface area contributed by atoms with Gasteiger partial charge in [-0.25, -0.2) is 4.98 Å². The first-order valence-electron chi connectivity index (χ1n) is 9.71. The largest absolute Gasteiger partial charge is 0.395 e. The van der Waals surface area contributed by atoms with E-state index in [1.54, 1.807) is 36.7 Å². The molecule has 2 aromatic carbocycles. The molecule has 0 bridgehead atoms. The second kappa shape index (κ2) is 9.41. The standard InChI is InChI=1S/C22H20N6O3S/c23-19(30)18-21(28-20(31)13-1-4-16(5-2-13)25-9-10-29)32-22(27-18)26-17-6-3-15-12-24-8-7-14(15)11-17/h1-8,11-12,25,29H,9-10H2,(H2,23,30)(H,26,27)(H,28,31). The first kappa shape index (κ1) is 21.2. The van der Waals surface area contributed by atoms with Crippen molar-refractivity contribution < 1.29 is 14.7 Å². The van der Waals surface area contributed by atoms with Crippen LogP contribution in [0.25, 0.3) is 10.8 Å². The lowest BCUT2D eigenvalue weighted by molar-refractivity contribution is 0.0997. The van der Waals surface area contributed by atoms with Crippen LogP contribution in [0.1, 0.15) is 20.8 Å². The summed E-state index contributed by atoms with van der Waals surface area (Å²) in [5, 5.41) is 20.4. The normalized spacial score (nSPS) is 10.7. The molecule has 32 heavy (non-hydrogen) atoms. The Labute approximate surface area is 187 Å². The van der Waals surface area contributed by atoms with Crippen LogP contribution >= 0.6 is 11.3 Å². The molecule has 0 radical (unpaired) electrons. The first-order chi connectivity index (χ1) is 15.5. The maximum absolute atomic E-state index is 12.7. The second-order valence-corrected chi connectivity index (χ2v) is 7.80. The van der Waals surface area contributed by atoms with E-state index in [0.717, 1.165) is 33.5 Å². The molecule has 0 unspecified atom stereocenters. The van der Waals surface area contributed by atoms with Crippen LogP contribution in [0.4, 0.5) is 21.5 Å². The van der Waals surface area contributed by atoms with Crippen LogP contribution in [0.5, 0.6) is 0 Å². The number of hydrogen-bond acceptors (Lipinski definition) is 8. The lowest BCUT2D eigenvalue weighted by Crippen LogP contribution is -2.17. The summed E-state index contributed by atoms with van der Waals surface area (Å²) in [4.78, 5) is 32.9. The molecule has 0 aliphatic heterocycles. The lowest BCUT2D eigenvalue weighted by Gasteiger charge is -2.06. The molecule has 2 heterocycles. The molecular weight excluding hydrogens is 428 g/mol. The number of aliphatic hydroxyl groups excluding tert-OH is 1. The molecule has 0 saturated carbocycles. The predicted octanol–water partition coefficient (Wildman–Crippen LogP) is 3.19. The van der Waals surface area contributed by atoms with Gasteiger partial charge in [-0.15, -0.1) is 0 Å². The van der Waals surface area contributed by atoms with Gasteiger partial charge in [0.1, 0.15) is 5.00 Å². The molecule has 2 aromatic heterocycles. The molecule has 0 spiro atoms. The minimum atomic E-state index is -0.738. The van der Waals surface area contributed by atoms with Gasteiger partial charge in [-0.3, -0.25) is 14.6 Å². The summed E-state index contributed by atoms with van der Waals surface area (Å²) in [5.41, 5.74) is 7.41. The number of nitrogens with two attached hydrogens (primary N) is 1. The maximum Gasteiger partial charge on any atom is 0.270 e. The van der Waals surface area contributed by atoms with E-state index in [4.69, 9.17) is 10.8 Å². The molecule has 0 aliphatic carbocycles. The fourth-order valence-electron chi connectivity index (χ4n) is 3.02. The molecule has 9 nitrogen and oxygen atoms in total. The van der Waals surface area contributed by atoms with Gasteiger partial charge in [-0.2, -0.15) is 0 Å². The zero-order valence-corrected chi connectivity index (χ0v) is 17.6. The summed E-state index contributed by atoms with van der Waals surface area (Å²) in [6.07, 6.45) is 3.49. The van der Waals surface area contributed by atoms with Gasteiger partial charge in [0, 0.05) is 41.3 Å². The maximum atomic E-state index is 12.7. The van der Waals surface area contributed by atoms with Crippen LogP contribution in [0, 0.1) is 0 Å². The highest BCUT2D eigenvalue weighted by Gasteiger charge is 2.19. The minimum Gasteiger partial charge on any atom is -0.395 e. The molecule has 10 heteroatoms. The van der Waals surface area contributed by atoms with Gasteiger partial charge in [0.05, 0.1) is 6.61 Å². The highest BCUT2D eigenvalue weighted by atomic mass is 32.1. The van der Waals surface area contributed by atoms with E-state index in [2.05, 4.69) is 25.9 Å². The highest BCUT2D eigenvalue weighted by molar-refractivity contribution is 7.20. The van der Waals surface area contributed by atoms with Gasteiger partial charge in [0.15, 0.2) is 10.8 Å². The fourth-order valence-corrected chi connectivity index (χ4v) is 3.91. The molecule has 2 amide bonds. The van der Waals surface area contributed by atoms with Gasteiger partial charge in [0.25, 0.3) is 11.8 Å². The van der Waals surface area contributed by atoms with Gasteiger partial charge in [-0.1, -0.05) is 17.4 Å². The second-order valence-electron chi connectivity index (χ2n) is 6.81. The number of aromatic nitrogens is 2. The van der Waals surface area contributed by atoms with E-state index in [0.29, 0.717) is 17.2 Å². The van der Waals surface area contributed by atoms with Crippen molar-refractivity contribution in [3.05, 3.63) is 72.2 Å². The van der Waals surface area contributed by atoms with Crippen molar-refractivity contribution in [2.45, 2.75) is 0 Å². The number of aliphatic hydroxyl groups is 1. The SMILES string of the molecule is NC(=O)c1nc(Nc2ccc3cnccc3c2)sc1NC(=O)c1ccc(NCCO)cc1. The topological polar surface area (TPSA) is 142 Å². The van der Waals surface area contributed by atoms with E-state index in [1.165, 1.54) is 0 Å². The van der Waals surface area contributed by atoms with E-state index < -0.39 is 11.8 Å². The summed E-state index contributed by atoms with van der Waals surface area (Å²) >= 11 is 1.12. The number of carbonyl (C=O) groups excluding carboxylic acids is 2. The van der Waals surface area contributed by atoms with Gasteiger partial charge in [-0.05, 0) is 47.9 Å². The van der Waals surface area contributed by atoms with E-state index >= 15 is 0 Å². The first-order valence-corrected chi connectivity index (χ1v) is 10.5. The average Bonchev–Trinajstić information content (AvgIpc) is 3.20. The van der Waals surface area contributed by atoms with Crippen molar-refractivity contribution in [3.63, 3.8) is 0 Å². The minimum absolute atomic E-state index is 0.0102. The third kappa shape index (κ3) is 4.82. The molecule has 0 aliphatic rings. The molecule has 4 aromatic rings. The summed E-state index contributed by atoms with van der Waals surface area (Å²) in [7, 11) is 0. The Hall–Kier alpha value is -4.02.